The Bertz CT molecular complexity index is 434. The summed E-state index contributed by atoms with van der Waals surface area (Å²) in [5.41, 5.74) is 0.417. The summed E-state index contributed by atoms with van der Waals surface area (Å²) in [5, 5.41) is 0. The standard InChI is InChI=1S/C15H21N3O/c19-14(13-10-16-12-17-11-13)15(6-2-3-7-15)18-8-4-1-5-9-18/h10-12H,1-9H2. The van der Waals surface area contributed by atoms with E-state index in [2.05, 4.69) is 14.9 Å². The zero-order valence-corrected chi connectivity index (χ0v) is 11.3. The van der Waals surface area contributed by atoms with Gasteiger partial charge in [-0.2, -0.15) is 0 Å². The predicted molar refractivity (Wildman–Crippen MR) is 73.0 cm³/mol. The van der Waals surface area contributed by atoms with E-state index in [4.69, 9.17) is 0 Å². The van der Waals surface area contributed by atoms with E-state index in [0.717, 1.165) is 38.8 Å². The molecule has 0 amide bonds. The van der Waals surface area contributed by atoms with Gasteiger partial charge in [0, 0.05) is 12.4 Å². The van der Waals surface area contributed by atoms with Crippen LogP contribution < -0.4 is 0 Å². The number of carbonyl (C=O) groups is 1. The number of aromatic nitrogens is 2. The van der Waals surface area contributed by atoms with Crippen molar-refractivity contribution in [1.82, 2.24) is 14.9 Å². The summed E-state index contributed by atoms with van der Waals surface area (Å²) in [6.07, 6.45) is 12.9. The van der Waals surface area contributed by atoms with Gasteiger partial charge in [-0.05, 0) is 38.8 Å². The van der Waals surface area contributed by atoms with Crippen LogP contribution in [-0.2, 0) is 0 Å². The molecule has 2 fully saturated rings. The first-order chi connectivity index (χ1) is 9.33. The number of likely N-dealkylation sites (tertiary alicyclic amines) is 1. The molecule has 3 rings (SSSR count). The third kappa shape index (κ3) is 2.29. The maximum absolute atomic E-state index is 12.9. The van der Waals surface area contributed by atoms with E-state index in [1.807, 2.05) is 0 Å². The van der Waals surface area contributed by atoms with Gasteiger partial charge in [-0.1, -0.05) is 19.3 Å². The van der Waals surface area contributed by atoms with Crippen molar-refractivity contribution in [1.29, 1.82) is 0 Å². The lowest BCUT2D eigenvalue weighted by Gasteiger charge is -2.42. The van der Waals surface area contributed by atoms with Gasteiger partial charge in [-0.3, -0.25) is 9.69 Å². The SMILES string of the molecule is O=C(c1cncnc1)C1(N2CCCCC2)CCCC1. The lowest BCUT2D eigenvalue weighted by molar-refractivity contribution is 0.0476. The quantitative estimate of drug-likeness (QED) is 0.782. The van der Waals surface area contributed by atoms with Crippen molar-refractivity contribution in [3.63, 3.8) is 0 Å². The van der Waals surface area contributed by atoms with Crippen LogP contribution in [0.3, 0.4) is 0 Å². The molecule has 1 aliphatic carbocycles. The number of hydrogen-bond acceptors (Lipinski definition) is 4. The largest absolute Gasteiger partial charge is 0.292 e. The van der Waals surface area contributed by atoms with Crippen molar-refractivity contribution in [2.45, 2.75) is 50.5 Å². The number of ketones is 1. The van der Waals surface area contributed by atoms with Crippen LogP contribution in [0.25, 0.3) is 0 Å². The van der Waals surface area contributed by atoms with Gasteiger partial charge >= 0.3 is 0 Å². The summed E-state index contributed by atoms with van der Waals surface area (Å²) in [5.74, 6) is 0.243. The van der Waals surface area contributed by atoms with E-state index in [-0.39, 0.29) is 11.3 Å². The molecule has 0 unspecified atom stereocenters. The fourth-order valence-corrected chi connectivity index (χ4v) is 3.65. The summed E-state index contributed by atoms with van der Waals surface area (Å²) in [6, 6.07) is 0. The molecule has 1 saturated carbocycles. The number of Topliss-reactive ketones (excluding diaryl/α,β-unsaturated/α-hetero) is 1. The Hall–Kier alpha value is -1.29. The predicted octanol–water partition coefficient (Wildman–Crippen LogP) is 2.46. The van der Waals surface area contributed by atoms with Crippen molar-refractivity contribution >= 4 is 5.78 Å². The Labute approximate surface area is 114 Å². The Kier molecular flexibility index (Phi) is 3.60. The number of rotatable bonds is 3. The Balaban J connectivity index is 1.89. The Morgan fingerprint density at radius 2 is 1.63 bits per heavy atom. The molecule has 2 aliphatic rings. The molecule has 0 spiro atoms. The van der Waals surface area contributed by atoms with Gasteiger partial charge in [0.15, 0.2) is 5.78 Å². The molecule has 1 aromatic rings. The maximum atomic E-state index is 12.9. The summed E-state index contributed by atoms with van der Waals surface area (Å²) >= 11 is 0. The molecule has 1 aromatic heterocycles. The van der Waals surface area contributed by atoms with Gasteiger partial charge in [-0.25, -0.2) is 9.97 Å². The monoisotopic (exact) mass is 259 g/mol. The average molecular weight is 259 g/mol. The minimum atomic E-state index is -0.259. The molecule has 0 bridgehead atoms. The molecule has 19 heavy (non-hydrogen) atoms. The molecule has 0 atom stereocenters. The number of carbonyl (C=O) groups excluding carboxylic acids is 1. The molecule has 102 valence electrons. The molecule has 1 saturated heterocycles. The van der Waals surface area contributed by atoms with Crippen LogP contribution in [0, 0.1) is 0 Å². The first-order valence-electron chi connectivity index (χ1n) is 7.38. The summed E-state index contributed by atoms with van der Waals surface area (Å²) in [7, 11) is 0. The normalized spacial score (nSPS) is 23.4. The Morgan fingerprint density at radius 3 is 2.26 bits per heavy atom. The second-order valence-corrected chi connectivity index (χ2v) is 5.74. The van der Waals surface area contributed by atoms with Crippen LogP contribution in [0.1, 0.15) is 55.3 Å². The summed E-state index contributed by atoms with van der Waals surface area (Å²) in [4.78, 5) is 23.4. The second-order valence-electron chi connectivity index (χ2n) is 5.74. The van der Waals surface area contributed by atoms with Crippen molar-refractivity contribution in [2.24, 2.45) is 0 Å². The van der Waals surface area contributed by atoms with Gasteiger partial charge in [0.25, 0.3) is 0 Å². The second kappa shape index (κ2) is 5.37. The average Bonchev–Trinajstić information content (AvgIpc) is 2.99. The van der Waals surface area contributed by atoms with Crippen LogP contribution in [0.15, 0.2) is 18.7 Å². The van der Waals surface area contributed by atoms with Crippen LogP contribution in [0.2, 0.25) is 0 Å². The molecule has 4 heteroatoms. The van der Waals surface area contributed by atoms with E-state index in [1.54, 1.807) is 12.4 Å². The van der Waals surface area contributed by atoms with Gasteiger partial charge < -0.3 is 0 Å². The lowest BCUT2D eigenvalue weighted by Crippen LogP contribution is -2.54. The van der Waals surface area contributed by atoms with Crippen molar-refractivity contribution < 1.29 is 4.79 Å². The van der Waals surface area contributed by atoms with Crippen LogP contribution in [0.5, 0.6) is 0 Å². The molecule has 0 N–H and O–H groups in total. The fourth-order valence-electron chi connectivity index (χ4n) is 3.65. The summed E-state index contributed by atoms with van der Waals surface area (Å²) < 4.78 is 0. The van der Waals surface area contributed by atoms with E-state index in [0.29, 0.717) is 5.56 Å². The maximum Gasteiger partial charge on any atom is 0.186 e. The van der Waals surface area contributed by atoms with Crippen molar-refractivity contribution in [3.8, 4) is 0 Å². The van der Waals surface area contributed by atoms with E-state index < -0.39 is 0 Å². The van der Waals surface area contributed by atoms with Gasteiger partial charge in [-0.15, -0.1) is 0 Å². The number of nitrogens with zero attached hydrogens (tertiary/aromatic N) is 3. The van der Waals surface area contributed by atoms with E-state index in [9.17, 15) is 4.79 Å². The number of hydrogen-bond donors (Lipinski definition) is 0. The minimum absolute atomic E-state index is 0.243. The molecular formula is C15H21N3O. The highest BCUT2D eigenvalue weighted by atomic mass is 16.1. The zero-order chi connectivity index (χ0) is 13.1. The minimum Gasteiger partial charge on any atom is -0.292 e. The van der Waals surface area contributed by atoms with Crippen molar-refractivity contribution in [3.05, 3.63) is 24.3 Å². The first-order valence-corrected chi connectivity index (χ1v) is 7.38. The Morgan fingerprint density at radius 1 is 1.00 bits per heavy atom. The zero-order valence-electron chi connectivity index (χ0n) is 11.3. The fraction of sp³-hybridized carbons (Fsp3) is 0.667. The van der Waals surface area contributed by atoms with Gasteiger partial charge in [0.1, 0.15) is 6.33 Å². The van der Waals surface area contributed by atoms with Crippen LogP contribution in [0.4, 0.5) is 0 Å². The molecule has 1 aliphatic heterocycles. The van der Waals surface area contributed by atoms with Gasteiger partial charge in [0.05, 0.1) is 11.1 Å². The molecular weight excluding hydrogens is 238 g/mol. The molecule has 4 nitrogen and oxygen atoms in total. The first kappa shape index (κ1) is 12.7. The van der Waals surface area contributed by atoms with Crippen molar-refractivity contribution in [2.75, 3.05) is 13.1 Å². The van der Waals surface area contributed by atoms with Crippen LogP contribution >= 0.6 is 0 Å². The van der Waals surface area contributed by atoms with Crippen LogP contribution in [-0.4, -0.2) is 39.3 Å². The molecule has 0 radical (unpaired) electrons. The van der Waals surface area contributed by atoms with E-state index >= 15 is 0 Å². The summed E-state index contributed by atoms with van der Waals surface area (Å²) in [6.45, 7) is 2.14. The van der Waals surface area contributed by atoms with E-state index in [1.165, 1.54) is 25.6 Å². The lowest BCUT2D eigenvalue weighted by atomic mass is 9.85. The number of piperidine rings is 1. The highest BCUT2D eigenvalue weighted by Gasteiger charge is 2.46. The molecule has 0 aromatic carbocycles. The smallest absolute Gasteiger partial charge is 0.186 e. The topological polar surface area (TPSA) is 46.1 Å². The third-order valence-electron chi connectivity index (χ3n) is 4.64. The third-order valence-corrected chi connectivity index (χ3v) is 4.64. The highest BCUT2D eigenvalue weighted by Crippen LogP contribution is 2.39. The highest BCUT2D eigenvalue weighted by molar-refractivity contribution is 6.03. The van der Waals surface area contributed by atoms with Gasteiger partial charge in [0.2, 0.25) is 0 Å². The molecule has 2 heterocycles.